The van der Waals surface area contributed by atoms with E-state index in [9.17, 15) is 0 Å². The molecule has 92 valence electrons. The standard InChI is InChI=1S/C12H23N3S/c1-4-6-15-9-12(8-14-15)7-13-11(3)10-16-5-2/h8-9,11,13H,4-7,10H2,1-3H3. The Morgan fingerprint density at radius 2 is 2.31 bits per heavy atom. The van der Waals surface area contributed by atoms with E-state index in [0.29, 0.717) is 6.04 Å². The van der Waals surface area contributed by atoms with Crippen LogP contribution in [0.25, 0.3) is 0 Å². The van der Waals surface area contributed by atoms with Crippen LogP contribution in [0.15, 0.2) is 12.4 Å². The molecule has 0 fully saturated rings. The Morgan fingerprint density at radius 1 is 1.50 bits per heavy atom. The van der Waals surface area contributed by atoms with Crippen LogP contribution in [0, 0.1) is 0 Å². The Morgan fingerprint density at radius 3 is 3.00 bits per heavy atom. The highest BCUT2D eigenvalue weighted by Gasteiger charge is 2.02. The van der Waals surface area contributed by atoms with Gasteiger partial charge in [-0.3, -0.25) is 4.68 Å². The number of thioether (sulfide) groups is 1. The number of hydrogen-bond donors (Lipinski definition) is 1. The molecule has 0 aliphatic heterocycles. The van der Waals surface area contributed by atoms with Crippen LogP contribution >= 0.6 is 11.8 Å². The van der Waals surface area contributed by atoms with Gasteiger partial charge in [-0.25, -0.2) is 0 Å². The van der Waals surface area contributed by atoms with Gasteiger partial charge in [-0.05, 0) is 19.1 Å². The first-order chi connectivity index (χ1) is 7.76. The van der Waals surface area contributed by atoms with Gasteiger partial charge in [0.1, 0.15) is 0 Å². The molecule has 4 heteroatoms. The van der Waals surface area contributed by atoms with Gasteiger partial charge in [-0.2, -0.15) is 16.9 Å². The van der Waals surface area contributed by atoms with Crippen LogP contribution in [0.2, 0.25) is 0 Å². The van der Waals surface area contributed by atoms with E-state index in [1.54, 1.807) is 0 Å². The first-order valence-electron chi connectivity index (χ1n) is 6.08. The van der Waals surface area contributed by atoms with Crippen LogP contribution in [-0.2, 0) is 13.1 Å². The molecule has 0 bridgehead atoms. The van der Waals surface area contributed by atoms with E-state index in [2.05, 4.69) is 37.4 Å². The fourth-order valence-electron chi connectivity index (χ4n) is 1.49. The van der Waals surface area contributed by atoms with Gasteiger partial charge in [-0.1, -0.05) is 13.8 Å². The van der Waals surface area contributed by atoms with E-state index in [4.69, 9.17) is 0 Å². The predicted molar refractivity (Wildman–Crippen MR) is 71.8 cm³/mol. The summed E-state index contributed by atoms with van der Waals surface area (Å²) < 4.78 is 2.02. The van der Waals surface area contributed by atoms with E-state index in [0.717, 1.165) is 19.5 Å². The van der Waals surface area contributed by atoms with Crippen molar-refractivity contribution in [1.82, 2.24) is 15.1 Å². The molecule has 1 heterocycles. The summed E-state index contributed by atoms with van der Waals surface area (Å²) in [6.45, 7) is 8.55. The lowest BCUT2D eigenvalue weighted by molar-refractivity contribution is 0.589. The van der Waals surface area contributed by atoms with Gasteiger partial charge in [-0.15, -0.1) is 0 Å². The third kappa shape index (κ3) is 5.03. The molecule has 1 aromatic rings. The van der Waals surface area contributed by atoms with Gasteiger partial charge in [0.25, 0.3) is 0 Å². The van der Waals surface area contributed by atoms with Crippen molar-refractivity contribution in [3.05, 3.63) is 18.0 Å². The highest BCUT2D eigenvalue weighted by atomic mass is 32.2. The van der Waals surface area contributed by atoms with Crippen LogP contribution in [0.3, 0.4) is 0 Å². The van der Waals surface area contributed by atoms with Crippen molar-refractivity contribution >= 4 is 11.8 Å². The average Bonchev–Trinajstić information content (AvgIpc) is 2.72. The average molecular weight is 241 g/mol. The number of nitrogens with zero attached hydrogens (tertiary/aromatic N) is 2. The second-order valence-electron chi connectivity index (χ2n) is 4.05. The maximum absolute atomic E-state index is 4.32. The number of aryl methyl sites for hydroxylation is 1. The van der Waals surface area contributed by atoms with Gasteiger partial charge in [0, 0.05) is 36.6 Å². The van der Waals surface area contributed by atoms with Crippen molar-refractivity contribution in [3.8, 4) is 0 Å². The van der Waals surface area contributed by atoms with E-state index in [1.165, 1.54) is 17.1 Å². The predicted octanol–water partition coefficient (Wildman–Crippen LogP) is 2.52. The van der Waals surface area contributed by atoms with Crippen LogP contribution in [0.5, 0.6) is 0 Å². The third-order valence-electron chi connectivity index (χ3n) is 2.37. The molecule has 0 spiro atoms. The van der Waals surface area contributed by atoms with Gasteiger partial charge < -0.3 is 5.32 Å². The molecule has 16 heavy (non-hydrogen) atoms. The van der Waals surface area contributed by atoms with Crippen molar-refractivity contribution in [3.63, 3.8) is 0 Å². The molecule has 3 nitrogen and oxygen atoms in total. The van der Waals surface area contributed by atoms with Crippen LogP contribution < -0.4 is 5.32 Å². The van der Waals surface area contributed by atoms with E-state index in [-0.39, 0.29) is 0 Å². The first kappa shape index (κ1) is 13.6. The SMILES string of the molecule is CCCn1cc(CNC(C)CSCC)cn1. The minimum absolute atomic E-state index is 0.569. The Balaban J connectivity index is 2.25. The molecule has 0 saturated carbocycles. The zero-order valence-corrected chi connectivity index (χ0v) is 11.4. The zero-order chi connectivity index (χ0) is 11.8. The number of aromatic nitrogens is 2. The summed E-state index contributed by atoms with van der Waals surface area (Å²) in [5.74, 6) is 2.38. The fourth-order valence-corrected chi connectivity index (χ4v) is 2.20. The zero-order valence-electron chi connectivity index (χ0n) is 10.6. The summed E-state index contributed by atoms with van der Waals surface area (Å²) >= 11 is 1.98. The lowest BCUT2D eigenvalue weighted by Crippen LogP contribution is -2.27. The first-order valence-corrected chi connectivity index (χ1v) is 7.24. The minimum Gasteiger partial charge on any atom is -0.309 e. The van der Waals surface area contributed by atoms with Crippen molar-refractivity contribution in [2.24, 2.45) is 0 Å². The summed E-state index contributed by atoms with van der Waals surface area (Å²) in [7, 11) is 0. The molecule has 0 amide bonds. The molecule has 0 aliphatic rings. The summed E-state index contributed by atoms with van der Waals surface area (Å²) in [6.07, 6.45) is 5.23. The highest BCUT2D eigenvalue weighted by Crippen LogP contribution is 2.03. The molecular weight excluding hydrogens is 218 g/mol. The van der Waals surface area contributed by atoms with Crippen molar-refractivity contribution < 1.29 is 0 Å². The normalized spacial score (nSPS) is 12.9. The van der Waals surface area contributed by atoms with Crippen LogP contribution in [0.1, 0.15) is 32.8 Å². The highest BCUT2D eigenvalue weighted by molar-refractivity contribution is 7.99. The number of hydrogen-bond acceptors (Lipinski definition) is 3. The topological polar surface area (TPSA) is 29.9 Å². The Kier molecular flexibility index (Phi) is 6.57. The molecule has 0 radical (unpaired) electrons. The molecule has 1 rings (SSSR count). The molecule has 0 saturated heterocycles. The van der Waals surface area contributed by atoms with Crippen LogP contribution in [-0.4, -0.2) is 27.3 Å². The largest absolute Gasteiger partial charge is 0.309 e. The van der Waals surface area contributed by atoms with Crippen molar-refractivity contribution in [2.75, 3.05) is 11.5 Å². The lowest BCUT2D eigenvalue weighted by atomic mass is 10.3. The fraction of sp³-hybridized carbons (Fsp3) is 0.750. The minimum atomic E-state index is 0.569. The molecule has 0 aromatic carbocycles. The maximum Gasteiger partial charge on any atom is 0.0534 e. The van der Waals surface area contributed by atoms with E-state index in [1.807, 2.05) is 22.6 Å². The second-order valence-corrected chi connectivity index (χ2v) is 5.37. The lowest BCUT2D eigenvalue weighted by Gasteiger charge is -2.11. The molecule has 0 aliphatic carbocycles. The van der Waals surface area contributed by atoms with Crippen molar-refractivity contribution in [2.45, 2.75) is 46.3 Å². The van der Waals surface area contributed by atoms with Gasteiger partial charge >= 0.3 is 0 Å². The Labute approximate surface area is 103 Å². The molecule has 1 N–H and O–H groups in total. The summed E-state index contributed by atoms with van der Waals surface area (Å²) in [6, 6.07) is 0.569. The quantitative estimate of drug-likeness (QED) is 0.758. The van der Waals surface area contributed by atoms with Gasteiger partial charge in [0.05, 0.1) is 6.20 Å². The second kappa shape index (κ2) is 7.74. The molecule has 1 unspecified atom stereocenters. The Bertz CT molecular complexity index is 286. The summed E-state index contributed by atoms with van der Waals surface area (Å²) in [5.41, 5.74) is 1.28. The molecule has 1 atom stereocenters. The van der Waals surface area contributed by atoms with Crippen molar-refractivity contribution in [1.29, 1.82) is 0 Å². The van der Waals surface area contributed by atoms with Gasteiger partial charge in [0.2, 0.25) is 0 Å². The van der Waals surface area contributed by atoms with E-state index >= 15 is 0 Å². The van der Waals surface area contributed by atoms with Gasteiger partial charge in [0.15, 0.2) is 0 Å². The number of nitrogens with one attached hydrogen (secondary N) is 1. The van der Waals surface area contributed by atoms with Crippen LogP contribution in [0.4, 0.5) is 0 Å². The summed E-state index contributed by atoms with van der Waals surface area (Å²) in [5, 5.41) is 7.83. The summed E-state index contributed by atoms with van der Waals surface area (Å²) in [4.78, 5) is 0. The number of rotatable bonds is 8. The third-order valence-corrected chi connectivity index (χ3v) is 3.51. The smallest absolute Gasteiger partial charge is 0.0534 e. The van der Waals surface area contributed by atoms with E-state index < -0.39 is 0 Å². The Hall–Kier alpha value is -0.480. The molecular formula is C12H23N3S. The monoisotopic (exact) mass is 241 g/mol. The maximum atomic E-state index is 4.32. The molecule has 1 aromatic heterocycles.